The standard InChI is InChI=1S/C22H27NO4/c1-16(2)27-21-10-6-18(7-11-21)15-23-22(25)5-4-14-26-20-12-8-19(9-13-20)17(3)24/h6-13,16H,4-5,14-15H2,1-3H3,(H,23,25). The number of ketones is 1. The van der Waals surface area contributed by atoms with E-state index in [1.54, 1.807) is 24.3 Å². The predicted molar refractivity (Wildman–Crippen MR) is 105 cm³/mol. The highest BCUT2D eigenvalue weighted by atomic mass is 16.5. The normalized spacial score (nSPS) is 10.5. The van der Waals surface area contributed by atoms with Gasteiger partial charge in [0.25, 0.3) is 0 Å². The third-order valence-electron chi connectivity index (χ3n) is 3.86. The van der Waals surface area contributed by atoms with E-state index < -0.39 is 0 Å². The Bertz CT molecular complexity index is 736. The van der Waals surface area contributed by atoms with E-state index in [2.05, 4.69) is 5.32 Å². The number of carbonyl (C=O) groups is 2. The number of hydrogen-bond donors (Lipinski definition) is 1. The first-order chi connectivity index (χ1) is 12.9. The monoisotopic (exact) mass is 369 g/mol. The molecule has 2 aromatic carbocycles. The molecule has 0 radical (unpaired) electrons. The van der Waals surface area contributed by atoms with Crippen LogP contribution in [-0.2, 0) is 11.3 Å². The van der Waals surface area contributed by atoms with E-state index in [9.17, 15) is 9.59 Å². The van der Waals surface area contributed by atoms with Crippen molar-refractivity contribution in [1.29, 1.82) is 0 Å². The molecule has 0 bridgehead atoms. The van der Waals surface area contributed by atoms with Crippen molar-refractivity contribution in [2.24, 2.45) is 0 Å². The van der Waals surface area contributed by atoms with E-state index in [-0.39, 0.29) is 17.8 Å². The molecule has 0 aliphatic heterocycles. The molecule has 0 aliphatic rings. The van der Waals surface area contributed by atoms with Gasteiger partial charge >= 0.3 is 0 Å². The molecule has 5 heteroatoms. The van der Waals surface area contributed by atoms with Gasteiger partial charge in [0, 0.05) is 18.5 Å². The summed E-state index contributed by atoms with van der Waals surface area (Å²) in [5.41, 5.74) is 1.69. The summed E-state index contributed by atoms with van der Waals surface area (Å²) in [6, 6.07) is 14.7. The van der Waals surface area contributed by atoms with Crippen molar-refractivity contribution in [3.63, 3.8) is 0 Å². The number of rotatable bonds is 10. The van der Waals surface area contributed by atoms with Crippen LogP contribution in [0.3, 0.4) is 0 Å². The third kappa shape index (κ3) is 7.52. The SMILES string of the molecule is CC(=O)c1ccc(OCCCC(=O)NCc2ccc(OC(C)C)cc2)cc1. The second-order valence-corrected chi connectivity index (χ2v) is 6.62. The molecular formula is C22H27NO4. The molecule has 0 heterocycles. The summed E-state index contributed by atoms with van der Waals surface area (Å²) < 4.78 is 11.2. The number of amides is 1. The van der Waals surface area contributed by atoms with Gasteiger partial charge in [-0.15, -0.1) is 0 Å². The van der Waals surface area contributed by atoms with Crippen LogP contribution in [0, 0.1) is 0 Å². The topological polar surface area (TPSA) is 64.6 Å². The fourth-order valence-electron chi connectivity index (χ4n) is 2.46. The number of nitrogens with one attached hydrogen (secondary N) is 1. The van der Waals surface area contributed by atoms with Crippen LogP contribution in [0.5, 0.6) is 11.5 Å². The van der Waals surface area contributed by atoms with Gasteiger partial charge in [0.1, 0.15) is 11.5 Å². The summed E-state index contributed by atoms with van der Waals surface area (Å²) in [5, 5.41) is 2.90. The Morgan fingerprint density at radius 2 is 1.59 bits per heavy atom. The molecule has 2 rings (SSSR count). The van der Waals surface area contributed by atoms with Gasteiger partial charge in [-0.2, -0.15) is 0 Å². The number of hydrogen-bond acceptors (Lipinski definition) is 4. The quantitative estimate of drug-likeness (QED) is 0.505. The highest BCUT2D eigenvalue weighted by Gasteiger charge is 2.04. The highest BCUT2D eigenvalue weighted by Crippen LogP contribution is 2.14. The van der Waals surface area contributed by atoms with Gasteiger partial charge < -0.3 is 14.8 Å². The molecule has 1 amide bonds. The largest absolute Gasteiger partial charge is 0.494 e. The van der Waals surface area contributed by atoms with Gasteiger partial charge in [-0.1, -0.05) is 12.1 Å². The summed E-state index contributed by atoms with van der Waals surface area (Å²) in [6.45, 7) is 6.45. The van der Waals surface area contributed by atoms with Crippen LogP contribution in [0.15, 0.2) is 48.5 Å². The lowest BCUT2D eigenvalue weighted by Crippen LogP contribution is -2.23. The fraction of sp³-hybridized carbons (Fsp3) is 0.364. The Labute approximate surface area is 160 Å². The number of Topliss-reactive ketones (excluding diaryl/α,β-unsaturated/α-hetero) is 1. The van der Waals surface area contributed by atoms with Gasteiger partial charge in [0.15, 0.2) is 5.78 Å². The van der Waals surface area contributed by atoms with E-state index in [4.69, 9.17) is 9.47 Å². The van der Waals surface area contributed by atoms with Crippen LogP contribution in [-0.4, -0.2) is 24.4 Å². The average Bonchev–Trinajstić information content (AvgIpc) is 2.64. The minimum atomic E-state index is -0.00645. The van der Waals surface area contributed by atoms with Gasteiger partial charge in [-0.3, -0.25) is 9.59 Å². The first kappa shape index (κ1) is 20.5. The van der Waals surface area contributed by atoms with Crippen LogP contribution >= 0.6 is 0 Å². The maximum Gasteiger partial charge on any atom is 0.220 e. The Hall–Kier alpha value is -2.82. The van der Waals surface area contributed by atoms with Gasteiger partial charge in [-0.05, 0) is 69.2 Å². The van der Waals surface area contributed by atoms with Crippen molar-refractivity contribution in [3.8, 4) is 11.5 Å². The molecule has 2 aromatic rings. The second-order valence-electron chi connectivity index (χ2n) is 6.62. The van der Waals surface area contributed by atoms with E-state index in [1.807, 2.05) is 38.1 Å². The molecule has 0 unspecified atom stereocenters. The molecule has 1 N–H and O–H groups in total. The Morgan fingerprint density at radius 3 is 2.19 bits per heavy atom. The molecule has 5 nitrogen and oxygen atoms in total. The van der Waals surface area contributed by atoms with Crippen molar-refractivity contribution >= 4 is 11.7 Å². The van der Waals surface area contributed by atoms with E-state index in [0.717, 1.165) is 11.3 Å². The lowest BCUT2D eigenvalue weighted by atomic mass is 10.1. The fourth-order valence-corrected chi connectivity index (χ4v) is 2.46. The summed E-state index contributed by atoms with van der Waals surface area (Å²) in [6.07, 6.45) is 1.17. The zero-order valence-corrected chi connectivity index (χ0v) is 16.2. The number of carbonyl (C=O) groups excluding carboxylic acids is 2. The van der Waals surface area contributed by atoms with Crippen LogP contribution in [0.2, 0.25) is 0 Å². The zero-order valence-electron chi connectivity index (χ0n) is 16.2. The Morgan fingerprint density at radius 1 is 0.963 bits per heavy atom. The zero-order chi connectivity index (χ0) is 19.6. The van der Waals surface area contributed by atoms with Crippen molar-refractivity contribution in [1.82, 2.24) is 5.32 Å². The highest BCUT2D eigenvalue weighted by molar-refractivity contribution is 5.94. The van der Waals surface area contributed by atoms with Gasteiger partial charge in [-0.25, -0.2) is 0 Å². The van der Waals surface area contributed by atoms with Crippen molar-refractivity contribution in [2.45, 2.75) is 46.3 Å². The maximum absolute atomic E-state index is 11.9. The second kappa shape index (κ2) is 10.4. The van der Waals surface area contributed by atoms with E-state index in [1.165, 1.54) is 6.92 Å². The first-order valence-corrected chi connectivity index (χ1v) is 9.20. The Balaban J connectivity index is 1.64. The molecular weight excluding hydrogens is 342 g/mol. The average molecular weight is 369 g/mol. The predicted octanol–water partition coefficient (Wildman–Crippen LogP) is 4.15. The lowest BCUT2D eigenvalue weighted by molar-refractivity contribution is -0.121. The minimum Gasteiger partial charge on any atom is -0.494 e. The molecule has 0 aromatic heterocycles. The molecule has 0 saturated carbocycles. The molecule has 0 fully saturated rings. The molecule has 0 saturated heterocycles. The molecule has 0 spiro atoms. The van der Waals surface area contributed by atoms with Crippen LogP contribution in [0.1, 0.15) is 49.5 Å². The number of benzene rings is 2. The molecule has 144 valence electrons. The van der Waals surface area contributed by atoms with Crippen LogP contribution in [0.25, 0.3) is 0 Å². The van der Waals surface area contributed by atoms with Crippen molar-refractivity contribution in [3.05, 3.63) is 59.7 Å². The van der Waals surface area contributed by atoms with Crippen LogP contribution in [0.4, 0.5) is 0 Å². The molecule has 27 heavy (non-hydrogen) atoms. The first-order valence-electron chi connectivity index (χ1n) is 9.20. The van der Waals surface area contributed by atoms with Crippen molar-refractivity contribution in [2.75, 3.05) is 6.61 Å². The maximum atomic E-state index is 11.9. The van der Waals surface area contributed by atoms with E-state index >= 15 is 0 Å². The van der Waals surface area contributed by atoms with Crippen LogP contribution < -0.4 is 14.8 Å². The molecule has 0 aliphatic carbocycles. The summed E-state index contributed by atoms with van der Waals surface area (Å²) in [7, 11) is 0. The summed E-state index contributed by atoms with van der Waals surface area (Å²) >= 11 is 0. The van der Waals surface area contributed by atoms with E-state index in [0.29, 0.717) is 37.3 Å². The Kier molecular flexibility index (Phi) is 7.86. The number of ether oxygens (including phenoxy) is 2. The van der Waals surface area contributed by atoms with Crippen molar-refractivity contribution < 1.29 is 19.1 Å². The molecule has 0 atom stereocenters. The summed E-state index contributed by atoms with van der Waals surface area (Å²) in [4.78, 5) is 23.2. The smallest absolute Gasteiger partial charge is 0.220 e. The third-order valence-corrected chi connectivity index (χ3v) is 3.86. The lowest BCUT2D eigenvalue weighted by Gasteiger charge is -2.10. The van der Waals surface area contributed by atoms with Gasteiger partial charge in [0.2, 0.25) is 5.91 Å². The van der Waals surface area contributed by atoms with Gasteiger partial charge in [0.05, 0.1) is 12.7 Å². The minimum absolute atomic E-state index is 0.00645. The summed E-state index contributed by atoms with van der Waals surface area (Å²) in [5.74, 6) is 1.55.